The van der Waals surface area contributed by atoms with Gasteiger partial charge in [-0.25, -0.2) is 4.68 Å². The smallest absolute Gasteiger partial charge is 0.210 e. The molecule has 2 N–H and O–H groups in total. The summed E-state index contributed by atoms with van der Waals surface area (Å²) in [4.78, 5) is 0. The van der Waals surface area contributed by atoms with E-state index in [2.05, 4.69) is 34.5 Å². The Kier molecular flexibility index (Phi) is 5.00. The number of nitrogen functional groups attached to an aromatic ring is 1. The molecule has 0 bridgehead atoms. The highest BCUT2D eigenvalue weighted by Gasteiger charge is 2.13. The van der Waals surface area contributed by atoms with E-state index in [0.717, 1.165) is 11.3 Å². The molecule has 0 radical (unpaired) electrons. The summed E-state index contributed by atoms with van der Waals surface area (Å²) in [7, 11) is 0. The lowest BCUT2D eigenvalue weighted by molar-refractivity contribution is 0.851. The average molecular weight is 343 g/mol. The Labute approximate surface area is 144 Å². The second kappa shape index (κ2) is 7.35. The van der Waals surface area contributed by atoms with Gasteiger partial charge in [0.25, 0.3) is 0 Å². The van der Waals surface area contributed by atoms with E-state index in [1.807, 2.05) is 36.4 Å². The molecule has 0 fully saturated rings. The minimum atomic E-state index is 0.560. The van der Waals surface area contributed by atoms with Gasteiger partial charge in [-0.3, -0.25) is 0 Å². The number of rotatable bonds is 5. The standard InChI is InChI=1S/C17H15ClN4S/c18-15-11-5-4-10-14(15)16-20-21-17(22(16)19)23-12-6-9-13-7-2-1-3-8-13/h1-11H,12,19H2. The van der Waals surface area contributed by atoms with Gasteiger partial charge in [0, 0.05) is 11.3 Å². The fourth-order valence-corrected chi connectivity index (χ4v) is 2.96. The van der Waals surface area contributed by atoms with Crippen molar-refractivity contribution in [3.8, 4) is 11.4 Å². The number of benzene rings is 2. The van der Waals surface area contributed by atoms with Gasteiger partial charge in [-0.2, -0.15) is 0 Å². The summed E-state index contributed by atoms with van der Waals surface area (Å²) in [6.45, 7) is 0. The van der Waals surface area contributed by atoms with Crippen LogP contribution in [0.4, 0.5) is 0 Å². The van der Waals surface area contributed by atoms with Gasteiger partial charge >= 0.3 is 0 Å². The van der Waals surface area contributed by atoms with Crippen molar-refractivity contribution in [3.63, 3.8) is 0 Å². The fourth-order valence-electron chi connectivity index (χ4n) is 2.07. The molecule has 0 aliphatic heterocycles. The third kappa shape index (κ3) is 3.75. The van der Waals surface area contributed by atoms with E-state index in [4.69, 9.17) is 17.4 Å². The minimum absolute atomic E-state index is 0.560. The molecule has 2 aromatic carbocycles. The summed E-state index contributed by atoms with van der Waals surface area (Å²) in [5, 5.41) is 9.53. The van der Waals surface area contributed by atoms with Crippen molar-refractivity contribution in [3.05, 3.63) is 71.3 Å². The molecule has 1 heterocycles. The Balaban J connectivity index is 1.68. The lowest BCUT2D eigenvalue weighted by atomic mass is 10.2. The maximum atomic E-state index is 6.18. The lowest BCUT2D eigenvalue weighted by Crippen LogP contribution is -2.11. The van der Waals surface area contributed by atoms with Crippen molar-refractivity contribution in [2.45, 2.75) is 5.16 Å². The molecule has 23 heavy (non-hydrogen) atoms. The van der Waals surface area contributed by atoms with Crippen molar-refractivity contribution < 1.29 is 0 Å². The predicted octanol–water partition coefficient (Wildman–Crippen LogP) is 4.12. The van der Waals surface area contributed by atoms with Crippen LogP contribution in [0.3, 0.4) is 0 Å². The second-order valence-electron chi connectivity index (χ2n) is 4.78. The molecule has 3 aromatic rings. The van der Waals surface area contributed by atoms with E-state index in [1.54, 1.807) is 6.07 Å². The van der Waals surface area contributed by atoms with Gasteiger partial charge in [0.05, 0.1) is 5.02 Å². The molecule has 116 valence electrons. The zero-order valence-corrected chi connectivity index (χ0v) is 13.8. The summed E-state index contributed by atoms with van der Waals surface area (Å²) in [6.07, 6.45) is 4.14. The van der Waals surface area contributed by atoms with Gasteiger partial charge in [-0.05, 0) is 17.7 Å². The van der Waals surface area contributed by atoms with Gasteiger partial charge in [0.15, 0.2) is 5.82 Å². The molecule has 0 aliphatic carbocycles. The summed E-state index contributed by atoms with van der Waals surface area (Å²) >= 11 is 7.70. The molecule has 6 heteroatoms. The Bertz CT molecular complexity index is 814. The topological polar surface area (TPSA) is 56.7 Å². The Morgan fingerprint density at radius 2 is 1.78 bits per heavy atom. The molecule has 0 atom stereocenters. The SMILES string of the molecule is Nn1c(SCC=Cc2ccccc2)nnc1-c1ccccc1Cl. The molecular weight excluding hydrogens is 328 g/mol. The van der Waals surface area contributed by atoms with Crippen LogP contribution in [0.5, 0.6) is 0 Å². The quantitative estimate of drug-likeness (QED) is 0.559. The molecule has 0 unspecified atom stereocenters. The highest BCUT2D eigenvalue weighted by molar-refractivity contribution is 7.99. The van der Waals surface area contributed by atoms with Gasteiger partial charge < -0.3 is 5.84 Å². The van der Waals surface area contributed by atoms with Crippen LogP contribution in [-0.2, 0) is 0 Å². The van der Waals surface area contributed by atoms with Crippen molar-refractivity contribution in [1.82, 2.24) is 14.9 Å². The number of nitrogens with two attached hydrogens (primary N) is 1. The van der Waals surface area contributed by atoms with Gasteiger partial charge in [0.1, 0.15) is 0 Å². The number of halogens is 1. The first kappa shape index (κ1) is 15.6. The predicted molar refractivity (Wildman–Crippen MR) is 96.8 cm³/mol. The Hall–Kier alpha value is -2.24. The van der Waals surface area contributed by atoms with Gasteiger partial charge in [0.2, 0.25) is 5.16 Å². The highest BCUT2D eigenvalue weighted by atomic mass is 35.5. The van der Waals surface area contributed by atoms with Crippen LogP contribution in [-0.4, -0.2) is 20.6 Å². The molecule has 0 saturated carbocycles. The van der Waals surface area contributed by atoms with Crippen LogP contribution >= 0.6 is 23.4 Å². The monoisotopic (exact) mass is 342 g/mol. The molecule has 1 aromatic heterocycles. The van der Waals surface area contributed by atoms with Crippen molar-refractivity contribution >= 4 is 29.4 Å². The van der Waals surface area contributed by atoms with E-state index in [1.165, 1.54) is 22.0 Å². The maximum Gasteiger partial charge on any atom is 0.210 e. The first-order valence-electron chi connectivity index (χ1n) is 7.05. The average Bonchev–Trinajstić information content (AvgIpc) is 2.94. The molecule has 4 nitrogen and oxygen atoms in total. The van der Waals surface area contributed by atoms with Crippen LogP contribution in [0.25, 0.3) is 17.5 Å². The van der Waals surface area contributed by atoms with Crippen molar-refractivity contribution in [2.24, 2.45) is 0 Å². The summed E-state index contributed by atoms with van der Waals surface area (Å²) in [5.74, 6) is 7.40. The van der Waals surface area contributed by atoms with E-state index in [9.17, 15) is 0 Å². The second-order valence-corrected chi connectivity index (χ2v) is 6.17. The van der Waals surface area contributed by atoms with Crippen molar-refractivity contribution in [1.29, 1.82) is 0 Å². The number of aromatic nitrogens is 3. The molecule has 0 aliphatic rings. The van der Waals surface area contributed by atoms with Gasteiger partial charge in [-0.1, -0.05) is 78.0 Å². The molecule has 3 rings (SSSR count). The number of hydrogen-bond donors (Lipinski definition) is 1. The molecule has 0 saturated heterocycles. The largest absolute Gasteiger partial charge is 0.335 e. The van der Waals surface area contributed by atoms with E-state index < -0.39 is 0 Å². The van der Waals surface area contributed by atoms with E-state index >= 15 is 0 Å². The first-order valence-corrected chi connectivity index (χ1v) is 8.42. The van der Waals surface area contributed by atoms with Crippen LogP contribution < -0.4 is 5.84 Å². The number of thioether (sulfide) groups is 1. The normalized spacial score (nSPS) is 11.2. The van der Waals surface area contributed by atoms with E-state index in [0.29, 0.717) is 16.0 Å². The Morgan fingerprint density at radius 1 is 1.04 bits per heavy atom. The van der Waals surface area contributed by atoms with E-state index in [-0.39, 0.29) is 0 Å². The zero-order valence-electron chi connectivity index (χ0n) is 12.3. The lowest BCUT2D eigenvalue weighted by Gasteiger charge is -2.04. The third-order valence-corrected chi connectivity index (χ3v) is 4.42. The summed E-state index contributed by atoms with van der Waals surface area (Å²) in [6, 6.07) is 17.6. The third-order valence-electron chi connectivity index (χ3n) is 3.20. The number of nitrogens with zero attached hydrogens (tertiary/aromatic N) is 3. The first-order chi connectivity index (χ1) is 11.3. The molecule has 0 amide bonds. The molecule has 0 spiro atoms. The summed E-state index contributed by atoms with van der Waals surface area (Å²) in [5.41, 5.74) is 1.94. The summed E-state index contributed by atoms with van der Waals surface area (Å²) < 4.78 is 1.47. The highest BCUT2D eigenvalue weighted by Crippen LogP contribution is 2.27. The Morgan fingerprint density at radius 3 is 2.57 bits per heavy atom. The zero-order chi connectivity index (χ0) is 16.1. The maximum absolute atomic E-state index is 6.18. The van der Waals surface area contributed by atoms with Crippen LogP contribution in [0.1, 0.15) is 5.56 Å². The van der Waals surface area contributed by atoms with Crippen LogP contribution in [0.15, 0.2) is 65.8 Å². The van der Waals surface area contributed by atoms with Gasteiger partial charge in [-0.15, -0.1) is 10.2 Å². The fraction of sp³-hybridized carbons (Fsp3) is 0.0588. The van der Waals surface area contributed by atoms with Crippen LogP contribution in [0, 0.1) is 0 Å². The number of hydrogen-bond acceptors (Lipinski definition) is 4. The molecular formula is C17H15ClN4S. The minimum Gasteiger partial charge on any atom is -0.335 e. The van der Waals surface area contributed by atoms with Crippen LogP contribution in [0.2, 0.25) is 5.02 Å². The van der Waals surface area contributed by atoms with Crippen molar-refractivity contribution in [2.75, 3.05) is 11.6 Å².